The number of aromatic nitrogens is 2. The van der Waals surface area contributed by atoms with Crippen molar-refractivity contribution < 1.29 is 9.53 Å². The fourth-order valence-corrected chi connectivity index (χ4v) is 2.50. The first-order valence-electron chi connectivity index (χ1n) is 8.40. The molecule has 134 valence electrons. The molecule has 0 saturated heterocycles. The second-order valence-electron chi connectivity index (χ2n) is 5.70. The lowest BCUT2D eigenvalue weighted by atomic mass is 10.1. The summed E-state index contributed by atoms with van der Waals surface area (Å²) in [6.07, 6.45) is 8.20. The Kier molecular flexibility index (Phi) is 5.74. The van der Waals surface area contributed by atoms with Crippen LogP contribution in [0.4, 0.5) is 0 Å². The maximum Gasteiger partial charge on any atom is 0.251 e. The van der Waals surface area contributed by atoms with Crippen LogP contribution in [0.15, 0.2) is 92.0 Å². The van der Waals surface area contributed by atoms with E-state index in [0.717, 1.165) is 11.1 Å². The topological polar surface area (TPSA) is 64.1 Å². The average molecular weight is 357 g/mol. The fraction of sp³-hybridized carbons (Fsp3) is 0.0455. The van der Waals surface area contributed by atoms with Crippen LogP contribution >= 0.6 is 0 Å². The summed E-state index contributed by atoms with van der Waals surface area (Å²) in [5.41, 5.74) is 2.90. The lowest BCUT2D eigenvalue weighted by molar-refractivity contribution is 0.0951. The zero-order valence-corrected chi connectivity index (χ0v) is 14.8. The molecule has 0 atom stereocenters. The minimum atomic E-state index is -0.174. The third-order valence-electron chi connectivity index (χ3n) is 3.80. The van der Waals surface area contributed by atoms with Gasteiger partial charge in [0.1, 0.15) is 11.5 Å². The summed E-state index contributed by atoms with van der Waals surface area (Å²) in [7, 11) is 0. The molecule has 27 heavy (non-hydrogen) atoms. The highest BCUT2D eigenvalue weighted by Gasteiger charge is 2.08. The summed E-state index contributed by atoms with van der Waals surface area (Å²) in [5, 5.41) is 2.91. The van der Waals surface area contributed by atoms with E-state index >= 15 is 0 Å². The van der Waals surface area contributed by atoms with Gasteiger partial charge in [-0.2, -0.15) is 0 Å². The van der Waals surface area contributed by atoms with Gasteiger partial charge in [0.2, 0.25) is 0 Å². The summed E-state index contributed by atoms with van der Waals surface area (Å²) in [4.78, 5) is 20.9. The highest BCUT2D eigenvalue weighted by molar-refractivity contribution is 5.97. The van der Waals surface area contributed by atoms with Crippen LogP contribution in [-0.4, -0.2) is 15.9 Å². The lowest BCUT2D eigenvalue weighted by Gasteiger charge is -2.09. The largest absolute Gasteiger partial charge is 0.457 e. The van der Waals surface area contributed by atoms with E-state index in [-0.39, 0.29) is 5.91 Å². The smallest absolute Gasteiger partial charge is 0.251 e. The molecule has 0 aliphatic carbocycles. The number of nitrogens with one attached hydrogen (secondary N) is 1. The standard InChI is InChI=1S/C22H19N3O2/c1-3-6-18(4-2)27-19-8-5-7-16(13-19)15-25-22(26)17-9-10-20-21(14-17)24-12-11-23-20/h3-14H,1-2,15H2,(H,25,26)/b18-6+. The van der Waals surface area contributed by atoms with Crippen LogP contribution in [0.5, 0.6) is 5.75 Å². The summed E-state index contributed by atoms with van der Waals surface area (Å²) >= 11 is 0. The van der Waals surface area contributed by atoms with E-state index in [9.17, 15) is 4.79 Å². The van der Waals surface area contributed by atoms with Crippen LogP contribution in [0, 0.1) is 0 Å². The van der Waals surface area contributed by atoms with Crippen molar-refractivity contribution in [2.45, 2.75) is 6.54 Å². The number of carbonyl (C=O) groups is 1. The van der Waals surface area contributed by atoms with Crippen molar-refractivity contribution in [3.8, 4) is 5.75 Å². The number of benzene rings is 2. The maximum absolute atomic E-state index is 12.4. The number of hydrogen-bond donors (Lipinski definition) is 1. The van der Waals surface area contributed by atoms with Crippen molar-refractivity contribution in [2.75, 3.05) is 0 Å². The molecule has 3 rings (SSSR count). The van der Waals surface area contributed by atoms with Gasteiger partial charge in [-0.3, -0.25) is 14.8 Å². The van der Waals surface area contributed by atoms with Gasteiger partial charge >= 0.3 is 0 Å². The SMILES string of the molecule is C=C/C=C(\C=C)Oc1cccc(CNC(=O)c2ccc3nccnc3c2)c1. The molecule has 0 unspecified atom stereocenters. The van der Waals surface area contributed by atoms with E-state index in [4.69, 9.17) is 4.74 Å². The third kappa shape index (κ3) is 4.67. The predicted octanol–water partition coefficient (Wildman–Crippen LogP) is 4.19. The van der Waals surface area contributed by atoms with Gasteiger partial charge in [0.15, 0.2) is 0 Å². The number of carbonyl (C=O) groups excluding carboxylic acids is 1. The average Bonchev–Trinajstić information content (AvgIpc) is 2.71. The van der Waals surface area contributed by atoms with Crippen LogP contribution < -0.4 is 10.1 Å². The molecular formula is C22H19N3O2. The summed E-state index contributed by atoms with van der Waals surface area (Å²) in [6, 6.07) is 12.8. The van der Waals surface area contributed by atoms with Gasteiger partial charge in [-0.25, -0.2) is 0 Å². The van der Waals surface area contributed by atoms with Crippen LogP contribution in [0.3, 0.4) is 0 Å². The van der Waals surface area contributed by atoms with Crippen LogP contribution in [0.25, 0.3) is 11.0 Å². The minimum Gasteiger partial charge on any atom is -0.457 e. The number of allylic oxidation sites excluding steroid dienone is 3. The second-order valence-corrected chi connectivity index (χ2v) is 5.70. The normalized spacial score (nSPS) is 11.0. The molecule has 2 aromatic carbocycles. The van der Waals surface area contributed by atoms with Gasteiger partial charge in [0.25, 0.3) is 5.91 Å². The van der Waals surface area contributed by atoms with Crippen LogP contribution in [0.2, 0.25) is 0 Å². The predicted molar refractivity (Wildman–Crippen MR) is 106 cm³/mol. The molecule has 3 aromatic rings. The number of rotatable bonds is 7. The monoisotopic (exact) mass is 357 g/mol. The Hall–Kier alpha value is -3.73. The van der Waals surface area contributed by atoms with E-state index in [1.165, 1.54) is 0 Å². The third-order valence-corrected chi connectivity index (χ3v) is 3.80. The number of ether oxygens (including phenoxy) is 1. The van der Waals surface area contributed by atoms with Crippen molar-refractivity contribution in [3.05, 3.63) is 103 Å². The van der Waals surface area contributed by atoms with Crippen molar-refractivity contribution in [3.63, 3.8) is 0 Å². The first-order chi connectivity index (χ1) is 13.2. The Labute approximate surface area is 157 Å². The molecule has 0 aliphatic heterocycles. The highest BCUT2D eigenvalue weighted by atomic mass is 16.5. The van der Waals surface area contributed by atoms with E-state index in [1.807, 2.05) is 24.3 Å². The molecule has 0 aliphatic rings. The van der Waals surface area contributed by atoms with Gasteiger partial charge in [-0.1, -0.05) is 31.4 Å². The van der Waals surface area contributed by atoms with E-state index in [2.05, 4.69) is 28.4 Å². The van der Waals surface area contributed by atoms with Crippen LogP contribution in [-0.2, 0) is 6.54 Å². The Morgan fingerprint density at radius 2 is 1.89 bits per heavy atom. The lowest BCUT2D eigenvalue weighted by Crippen LogP contribution is -2.22. The number of nitrogens with zero attached hydrogens (tertiary/aromatic N) is 2. The first kappa shape index (κ1) is 18.1. The molecule has 1 aromatic heterocycles. The molecule has 0 fully saturated rings. The Morgan fingerprint density at radius 1 is 1.07 bits per heavy atom. The Bertz CT molecular complexity index is 1020. The first-order valence-corrected chi connectivity index (χ1v) is 8.40. The van der Waals surface area contributed by atoms with Crippen LogP contribution in [0.1, 0.15) is 15.9 Å². The Morgan fingerprint density at radius 3 is 2.67 bits per heavy atom. The molecule has 1 N–H and O–H groups in total. The fourth-order valence-electron chi connectivity index (χ4n) is 2.50. The molecule has 5 nitrogen and oxygen atoms in total. The number of hydrogen-bond acceptors (Lipinski definition) is 4. The molecule has 0 saturated carbocycles. The summed E-state index contributed by atoms with van der Waals surface area (Å²) in [6.45, 7) is 7.73. The van der Waals surface area contributed by atoms with Gasteiger partial charge in [-0.05, 0) is 48.0 Å². The second kappa shape index (κ2) is 8.58. The van der Waals surface area contributed by atoms with E-state index in [0.29, 0.717) is 29.1 Å². The maximum atomic E-state index is 12.4. The summed E-state index contributed by atoms with van der Waals surface area (Å²) < 4.78 is 5.73. The van der Waals surface area contributed by atoms with Gasteiger partial charge in [0.05, 0.1) is 11.0 Å². The van der Waals surface area contributed by atoms with E-state index < -0.39 is 0 Å². The van der Waals surface area contributed by atoms with Crippen molar-refractivity contribution in [2.24, 2.45) is 0 Å². The molecule has 1 amide bonds. The quantitative estimate of drug-likeness (QED) is 0.508. The summed E-state index contributed by atoms with van der Waals surface area (Å²) in [5.74, 6) is 1.09. The molecular weight excluding hydrogens is 338 g/mol. The Balaban J connectivity index is 1.67. The molecule has 1 heterocycles. The van der Waals surface area contributed by atoms with Gasteiger partial charge in [0, 0.05) is 24.5 Å². The highest BCUT2D eigenvalue weighted by Crippen LogP contribution is 2.17. The zero-order valence-electron chi connectivity index (χ0n) is 14.8. The minimum absolute atomic E-state index is 0.174. The number of fused-ring (bicyclic) bond motifs is 1. The van der Waals surface area contributed by atoms with Crippen molar-refractivity contribution >= 4 is 16.9 Å². The van der Waals surface area contributed by atoms with Gasteiger partial charge < -0.3 is 10.1 Å². The molecule has 0 bridgehead atoms. The van der Waals surface area contributed by atoms with Crippen molar-refractivity contribution in [1.82, 2.24) is 15.3 Å². The zero-order chi connectivity index (χ0) is 19.1. The number of amides is 1. The molecule has 0 spiro atoms. The molecule has 0 radical (unpaired) electrons. The van der Waals surface area contributed by atoms with Gasteiger partial charge in [-0.15, -0.1) is 0 Å². The van der Waals surface area contributed by atoms with Crippen molar-refractivity contribution in [1.29, 1.82) is 0 Å². The van der Waals surface area contributed by atoms with E-state index in [1.54, 1.807) is 48.8 Å². The molecule has 5 heteroatoms.